The summed E-state index contributed by atoms with van der Waals surface area (Å²) < 4.78 is 5.15. The molecule has 0 atom stereocenters. The molecule has 0 spiro atoms. The van der Waals surface area contributed by atoms with Gasteiger partial charge in [0.25, 0.3) is 0 Å². The third-order valence-electron chi connectivity index (χ3n) is 4.17. The third kappa shape index (κ3) is 17.5. The molecule has 0 fully saturated rings. The van der Waals surface area contributed by atoms with Crippen LogP contribution < -0.4 is 0 Å². The van der Waals surface area contributed by atoms with E-state index in [-0.39, 0.29) is 5.97 Å². The number of esters is 1. The van der Waals surface area contributed by atoms with Crippen molar-refractivity contribution >= 4 is 5.97 Å². The van der Waals surface area contributed by atoms with Crippen molar-refractivity contribution in [3.8, 4) is 0 Å². The number of carbonyl (C=O) groups is 1. The molecule has 0 saturated carbocycles. The van der Waals surface area contributed by atoms with E-state index in [9.17, 15) is 4.79 Å². The molecule has 22 heavy (non-hydrogen) atoms. The molecule has 132 valence electrons. The van der Waals surface area contributed by atoms with Gasteiger partial charge in [-0.3, -0.25) is 4.79 Å². The maximum atomic E-state index is 11.4. The molecule has 0 heterocycles. The molecule has 0 N–H and O–H groups in total. The summed E-state index contributed by atoms with van der Waals surface area (Å²) in [7, 11) is 0. The minimum atomic E-state index is -0.00477. The standard InChI is InChI=1S/C20H40O2/c1-4-5-18-22-20(21)17-15-13-11-9-7-6-8-10-12-14-16-19(2)3/h19H,4-18H2,1-3H3. The van der Waals surface area contributed by atoms with E-state index in [0.29, 0.717) is 13.0 Å². The van der Waals surface area contributed by atoms with Gasteiger partial charge in [-0.25, -0.2) is 0 Å². The van der Waals surface area contributed by atoms with Gasteiger partial charge in [-0.2, -0.15) is 0 Å². The summed E-state index contributed by atoms with van der Waals surface area (Å²) >= 11 is 0. The second-order valence-corrected chi connectivity index (χ2v) is 7.04. The number of rotatable bonds is 16. The summed E-state index contributed by atoms with van der Waals surface area (Å²) in [5.41, 5.74) is 0. The first kappa shape index (κ1) is 21.5. The maximum Gasteiger partial charge on any atom is 0.305 e. The Hall–Kier alpha value is -0.530. The van der Waals surface area contributed by atoms with Crippen LogP contribution in [0.3, 0.4) is 0 Å². The summed E-state index contributed by atoms with van der Waals surface area (Å²) in [6, 6.07) is 0. The van der Waals surface area contributed by atoms with Gasteiger partial charge in [-0.1, -0.05) is 91.4 Å². The van der Waals surface area contributed by atoms with Gasteiger partial charge in [0, 0.05) is 6.42 Å². The van der Waals surface area contributed by atoms with Crippen molar-refractivity contribution in [2.24, 2.45) is 5.92 Å². The zero-order chi connectivity index (χ0) is 16.5. The highest BCUT2D eigenvalue weighted by molar-refractivity contribution is 5.69. The first-order chi connectivity index (χ1) is 10.7. The molecule has 2 heteroatoms. The third-order valence-corrected chi connectivity index (χ3v) is 4.17. The number of carbonyl (C=O) groups excluding carboxylic acids is 1. The minimum absolute atomic E-state index is 0.00477. The maximum absolute atomic E-state index is 11.4. The fraction of sp³-hybridized carbons (Fsp3) is 0.950. The molecule has 0 radical (unpaired) electrons. The van der Waals surface area contributed by atoms with Gasteiger partial charge in [0.15, 0.2) is 0 Å². The zero-order valence-electron chi connectivity index (χ0n) is 15.5. The van der Waals surface area contributed by atoms with Crippen molar-refractivity contribution in [3.63, 3.8) is 0 Å². The van der Waals surface area contributed by atoms with Gasteiger partial charge in [0.05, 0.1) is 6.61 Å². The molecule has 0 aromatic rings. The summed E-state index contributed by atoms with van der Waals surface area (Å²) in [6.07, 6.45) is 17.3. The van der Waals surface area contributed by atoms with E-state index in [4.69, 9.17) is 4.74 Å². The quantitative estimate of drug-likeness (QED) is 0.235. The van der Waals surface area contributed by atoms with Crippen LogP contribution in [-0.2, 0) is 9.53 Å². The Morgan fingerprint density at radius 3 is 1.77 bits per heavy atom. The van der Waals surface area contributed by atoms with Gasteiger partial charge in [-0.05, 0) is 18.8 Å². The molecule has 0 aromatic heterocycles. The fourth-order valence-corrected chi connectivity index (χ4v) is 2.64. The van der Waals surface area contributed by atoms with Crippen LogP contribution in [0.5, 0.6) is 0 Å². The molecule has 0 aliphatic carbocycles. The lowest BCUT2D eigenvalue weighted by Crippen LogP contribution is -2.05. The lowest BCUT2D eigenvalue weighted by Gasteiger charge is -2.05. The van der Waals surface area contributed by atoms with E-state index in [1.807, 2.05) is 0 Å². The summed E-state index contributed by atoms with van der Waals surface area (Å²) in [4.78, 5) is 11.4. The van der Waals surface area contributed by atoms with Gasteiger partial charge in [-0.15, -0.1) is 0 Å². The highest BCUT2D eigenvalue weighted by atomic mass is 16.5. The van der Waals surface area contributed by atoms with Crippen molar-refractivity contribution in [3.05, 3.63) is 0 Å². The van der Waals surface area contributed by atoms with Crippen molar-refractivity contribution in [2.75, 3.05) is 6.61 Å². The number of hydrogen-bond donors (Lipinski definition) is 0. The van der Waals surface area contributed by atoms with E-state index in [1.165, 1.54) is 64.2 Å². The normalized spacial score (nSPS) is 11.1. The van der Waals surface area contributed by atoms with E-state index in [1.54, 1.807) is 0 Å². The number of hydrogen-bond acceptors (Lipinski definition) is 2. The Balaban J connectivity index is 3.09. The minimum Gasteiger partial charge on any atom is -0.466 e. The molecule has 2 nitrogen and oxygen atoms in total. The molecule has 0 amide bonds. The van der Waals surface area contributed by atoms with Crippen molar-refractivity contribution < 1.29 is 9.53 Å². The highest BCUT2D eigenvalue weighted by Crippen LogP contribution is 2.13. The van der Waals surface area contributed by atoms with Crippen LogP contribution in [-0.4, -0.2) is 12.6 Å². The second kappa shape index (κ2) is 16.8. The second-order valence-electron chi connectivity index (χ2n) is 7.04. The predicted octanol–water partition coefficient (Wildman–Crippen LogP) is 6.67. The number of unbranched alkanes of at least 4 members (excludes halogenated alkanes) is 10. The highest BCUT2D eigenvalue weighted by Gasteiger charge is 2.01. The monoisotopic (exact) mass is 312 g/mol. The first-order valence-electron chi connectivity index (χ1n) is 9.82. The van der Waals surface area contributed by atoms with E-state index < -0.39 is 0 Å². The molecule has 0 aliphatic heterocycles. The van der Waals surface area contributed by atoms with Crippen LogP contribution in [0.25, 0.3) is 0 Å². The average molecular weight is 313 g/mol. The topological polar surface area (TPSA) is 26.3 Å². The van der Waals surface area contributed by atoms with Crippen LogP contribution in [0.1, 0.15) is 111 Å². The summed E-state index contributed by atoms with van der Waals surface area (Å²) in [6.45, 7) is 7.34. The van der Waals surface area contributed by atoms with Crippen molar-refractivity contribution in [1.29, 1.82) is 0 Å². The molecule has 0 saturated heterocycles. The fourth-order valence-electron chi connectivity index (χ4n) is 2.64. The lowest BCUT2D eigenvalue weighted by atomic mass is 10.0. The van der Waals surface area contributed by atoms with Crippen LogP contribution in [0.4, 0.5) is 0 Å². The Labute approximate surface area is 139 Å². The van der Waals surface area contributed by atoms with Gasteiger partial charge in [0.1, 0.15) is 0 Å². The van der Waals surface area contributed by atoms with E-state index >= 15 is 0 Å². The Bertz CT molecular complexity index is 236. The van der Waals surface area contributed by atoms with Gasteiger partial charge in [0.2, 0.25) is 0 Å². The molecular formula is C20H40O2. The molecule has 0 bridgehead atoms. The molecule has 0 aliphatic rings. The largest absolute Gasteiger partial charge is 0.466 e. The number of ether oxygens (including phenoxy) is 1. The van der Waals surface area contributed by atoms with Gasteiger partial charge < -0.3 is 4.74 Å². The Morgan fingerprint density at radius 1 is 0.773 bits per heavy atom. The Morgan fingerprint density at radius 2 is 1.27 bits per heavy atom. The van der Waals surface area contributed by atoms with Crippen LogP contribution >= 0.6 is 0 Å². The molecule has 0 aromatic carbocycles. The average Bonchev–Trinajstić information content (AvgIpc) is 2.48. The Kier molecular flexibility index (Phi) is 16.4. The van der Waals surface area contributed by atoms with Gasteiger partial charge >= 0.3 is 5.97 Å². The van der Waals surface area contributed by atoms with Crippen LogP contribution in [0, 0.1) is 5.92 Å². The molecule has 0 rings (SSSR count). The van der Waals surface area contributed by atoms with E-state index in [2.05, 4.69) is 20.8 Å². The van der Waals surface area contributed by atoms with Crippen molar-refractivity contribution in [2.45, 2.75) is 111 Å². The summed E-state index contributed by atoms with van der Waals surface area (Å²) in [5.74, 6) is 0.860. The van der Waals surface area contributed by atoms with Crippen LogP contribution in [0.2, 0.25) is 0 Å². The molecular weight excluding hydrogens is 272 g/mol. The van der Waals surface area contributed by atoms with Crippen molar-refractivity contribution in [1.82, 2.24) is 0 Å². The SMILES string of the molecule is CCCCOC(=O)CCCCCCCCCCCCC(C)C. The lowest BCUT2D eigenvalue weighted by molar-refractivity contribution is -0.143. The van der Waals surface area contributed by atoms with E-state index in [0.717, 1.165) is 25.2 Å². The predicted molar refractivity (Wildman–Crippen MR) is 96.1 cm³/mol. The zero-order valence-corrected chi connectivity index (χ0v) is 15.5. The van der Waals surface area contributed by atoms with Crippen LogP contribution in [0.15, 0.2) is 0 Å². The molecule has 0 unspecified atom stereocenters. The summed E-state index contributed by atoms with van der Waals surface area (Å²) in [5, 5.41) is 0. The smallest absolute Gasteiger partial charge is 0.305 e. The first-order valence-corrected chi connectivity index (χ1v) is 9.82.